The Kier molecular flexibility index (Phi) is 3.00. The number of hydrogen-bond acceptors (Lipinski definition) is 4. The van der Waals surface area contributed by atoms with E-state index in [1.807, 2.05) is 37.3 Å². The number of aromatic nitrogens is 4. The number of carbonyl (C=O) groups is 1. The lowest BCUT2D eigenvalue weighted by molar-refractivity contribution is -0.144. The molecule has 1 aliphatic carbocycles. The van der Waals surface area contributed by atoms with E-state index in [2.05, 4.69) is 15.5 Å². The summed E-state index contributed by atoms with van der Waals surface area (Å²) >= 11 is 0. The summed E-state index contributed by atoms with van der Waals surface area (Å²) in [5, 5.41) is 21.0. The Balaban J connectivity index is 1.86. The summed E-state index contributed by atoms with van der Waals surface area (Å²) in [6, 6.07) is 9.95. The zero-order valence-electron chi connectivity index (χ0n) is 11.2. The van der Waals surface area contributed by atoms with E-state index >= 15 is 0 Å². The van der Waals surface area contributed by atoms with Gasteiger partial charge in [0.05, 0.1) is 12.0 Å². The van der Waals surface area contributed by atoms with Gasteiger partial charge in [-0.1, -0.05) is 37.3 Å². The molecule has 1 heterocycles. The van der Waals surface area contributed by atoms with Crippen molar-refractivity contribution in [2.24, 2.45) is 5.41 Å². The quantitative estimate of drug-likeness (QED) is 0.895. The zero-order valence-corrected chi connectivity index (χ0v) is 11.2. The van der Waals surface area contributed by atoms with Gasteiger partial charge in [0, 0.05) is 5.92 Å². The highest BCUT2D eigenvalue weighted by Crippen LogP contribution is 2.47. The highest BCUT2D eigenvalue weighted by Gasteiger charge is 2.51. The monoisotopic (exact) mass is 272 g/mol. The Bertz CT molecular complexity index is 619. The average Bonchev–Trinajstić information content (AvgIpc) is 3.10. The third kappa shape index (κ3) is 2.17. The van der Waals surface area contributed by atoms with Crippen LogP contribution in [0.15, 0.2) is 30.3 Å². The SMILES string of the molecule is CC(c1ccccc1)c1nnnn1CC1(C(=O)O)CC1. The highest BCUT2D eigenvalue weighted by atomic mass is 16.4. The molecule has 0 saturated heterocycles. The summed E-state index contributed by atoms with van der Waals surface area (Å²) in [5.41, 5.74) is 0.448. The Morgan fingerprint density at radius 1 is 1.40 bits per heavy atom. The van der Waals surface area contributed by atoms with Gasteiger partial charge in [-0.2, -0.15) is 0 Å². The lowest BCUT2D eigenvalue weighted by atomic mass is 10.00. The van der Waals surface area contributed by atoms with Crippen molar-refractivity contribution in [3.05, 3.63) is 41.7 Å². The van der Waals surface area contributed by atoms with Crippen molar-refractivity contribution in [3.8, 4) is 0 Å². The molecule has 104 valence electrons. The van der Waals surface area contributed by atoms with E-state index in [1.54, 1.807) is 4.68 Å². The van der Waals surface area contributed by atoms with Gasteiger partial charge in [0.15, 0.2) is 5.82 Å². The molecule has 1 aliphatic rings. The maximum Gasteiger partial charge on any atom is 0.311 e. The summed E-state index contributed by atoms with van der Waals surface area (Å²) < 4.78 is 1.64. The second kappa shape index (κ2) is 4.70. The van der Waals surface area contributed by atoms with Crippen LogP contribution in [0.25, 0.3) is 0 Å². The molecule has 1 saturated carbocycles. The highest BCUT2D eigenvalue weighted by molar-refractivity contribution is 5.77. The largest absolute Gasteiger partial charge is 0.481 e. The lowest BCUT2D eigenvalue weighted by Crippen LogP contribution is -2.24. The van der Waals surface area contributed by atoms with Gasteiger partial charge >= 0.3 is 5.97 Å². The molecule has 1 N–H and O–H groups in total. The lowest BCUT2D eigenvalue weighted by Gasteiger charge is -2.14. The first kappa shape index (κ1) is 12.8. The van der Waals surface area contributed by atoms with Crippen molar-refractivity contribution in [1.29, 1.82) is 0 Å². The van der Waals surface area contributed by atoms with Crippen LogP contribution in [0.3, 0.4) is 0 Å². The first-order valence-electron chi connectivity index (χ1n) is 6.67. The maximum absolute atomic E-state index is 11.3. The molecule has 6 heteroatoms. The fourth-order valence-corrected chi connectivity index (χ4v) is 2.40. The average molecular weight is 272 g/mol. The molecule has 1 aromatic heterocycles. The van der Waals surface area contributed by atoms with Crippen LogP contribution in [0.1, 0.15) is 37.1 Å². The number of carboxylic acids is 1. The molecule has 6 nitrogen and oxygen atoms in total. The van der Waals surface area contributed by atoms with E-state index in [1.165, 1.54) is 0 Å². The molecule has 1 aromatic carbocycles. The Morgan fingerprint density at radius 2 is 2.10 bits per heavy atom. The minimum Gasteiger partial charge on any atom is -0.481 e. The van der Waals surface area contributed by atoms with Gasteiger partial charge < -0.3 is 5.11 Å². The number of benzene rings is 1. The minimum absolute atomic E-state index is 0.0378. The van der Waals surface area contributed by atoms with Crippen molar-refractivity contribution in [2.75, 3.05) is 0 Å². The Morgan fingerprint density at radius 3 is 2.70 bits per heavy atom. The normalized spacial score (nSPS) is 17.6. The van der Waals surface area contributed by atoms with Gasteiger partial charge in [0.2, 0.25) is 0 Å². The van der Waals surface area contributed by atoms with Crippen LogP contribution < -0.4 is 0 Å². The van der Waals surface area contributed by atoms with Crippen molar-refractivity contribution in [2.45, 2.75) is 32.2 Å². The van der Waals surface area contributed by atoms with E-state index in [-0.39, 0.29) is 5.92 Å². The van der Waals surface area contributed by atoms with E-state index in [0.717, 1.165) is 5.56 Å². The van der Waals surface area contributed by atoms with E-state index < -0.39 is 11.4 Å². The summed E-state index contributed by atoms with van der Waals surface area (Å²) in [6.07, 6.45) is 1.39. The second-order valence-electron chi connectivity index (χ2n) is 5.41. The van der Waals surface area contributed by atoms with Crippen LogP contribution in [-0.2, 0) is 11.3 Å². The molecule has 1 atom stereocenters. The molecule has 20 heavy (non-hydrogen) atoms. The van der Waals surface area contributed by atoms with Crippen LogP contribution in [-0.4, -0.2) is 31.3 Å². The van der Waals surface area contributed by atoms with Gasteiger partial charge in [-0.05, 0) is 28.8 Å². The summed E-state index contributed by atoms with van der Waals surface area (Å²) in [7, 11) is 0. The van der Waals surface area contributed by atoms with Crippen molar-refractivity contribution < 1.29 is 9.90 Å². The topological polar surface area (TPSA) is 80.9 Å². The molecular formula is C14H16N4O2. The van der Waals surface area contributed by atoms with Crippen LogP contribution in [0.5, 0.6) is 0 Å². The summed E-state index contributed by atoms with van der Waals surface area (Å²) in [5.74, 6) is -0.00849. The smallest absolute Gasteiger partial charge is 0.311 e. The molecule has 2 aromatic rings. The van der Waals surface area contributed by atoms with Gasteiger partial charge in [0.1, 0.15) is 0 Å². The van der Waals surface area contributed by atoms with Crippen LogP contribution in [0, 0.1) is 5.41 Å². The second-order valence-corrected chi connectivity index (χ2v) is 5.41. The van der Waals surface area contributed by atoms with Crippen LogP contribution >= 0.6 is 0 Å². The molecule has 0 aliphatic heterocycles. The number of tetrazole rings is 1. The fraction of sp³-hybridized carbons (Fsp3) is 0.429. The van der Waals surface area contributed by atoms with Crippen molar-refractivity contribution >= 4 is 5.97 Å². The molecule has 0 amide bonds. The number of rotatable bonds is 5. The van der Waals surface area contributed by atoms with Crippen LogP contribution in [0.2, 0.25) is 0 Å². The minimum atomic E-state index is -0.758. The van der Waals surface area contributed by atoms with Gasteiger partial charge in [-0.25, -0.2) is 4.68 Å². The fourth-order valence-electron chi connectivity index (χ4n) is 2.40. The molecule has 1 fully saturated rings. The number of nitrogens with zero attached hydrogens (tertiary/aromatic N) is 4. The molecule has 0 radical (unpaired) electrons. The number of hydrogen-bond donors (Lipinski definition) is 1. The first-order chi connectivity index (χ1) is 9.62. The Labute approximate surface area is 116 Å². The molecule has 0 spiro atoms. The van der Waals surface area contributed by atoms with Crippen molar-refractivity contribution in [3.63, 3.8) is 0 Å². The van der Waals surface area contributed by atoms with Crippen LogP contribution in [0.4, 0.5) is 0 Å². The number of carboxylic acid groups (broad SMARTS) is 1. The van der Waals surface area contributed by atoms with E-state index in [9.17, 15) is 9.90 Å². The van der Waals surface area contributed by atoms with Crippen molar-refractivity contribution in [1.82, 2.24) is 20.2 Å². The molecule has 0 bridgehead atoms. The van der Waals surface area contributed by atoms with Gasteiger partial charge in [-0.15, -0.1) is 5.10 Å². The number of aliphatic carboxylic acids is 1. The summed E-state index contributed by atoms with van der Waals surface area (Å²) in [6.45, 7) is 2.37. The predicted molar refractivity (Wildman–Crippen MR) is 71.1 cm³/mol. The van der Waals surface area contributed by atoms with E-state index in [4.69, 9.17) is 0 Å². The zero-order chi connectivity index (χ0) is 14.2. The molecule has 3 rings (SSSR count). The molecular weight excluding hydrogens is 256 g/mol. The molecule has 1 unspecified atom stereocenters. The third-order valence-corrected chi connectivity index (χ3v) is 4.01. The predicted octanol–water partition coefficient (Wildman–Crippen LogP) is 1.69. The standard InChI is InChI=1S/C14H16N4O2/c1-10(11-5-3-2-4-6-11)12-15-16-17-18(12)9-14(7-8-14)13(19)20/h2-6,10H,7-9H2,1H3,(H,19,20). The first-order valence-corrected chi connectivity index (χ1v) is 6.67. The summed E-state index contributed by atoms with van der Waals surface area (Å²) in [4.78, 5) is 11.3. The van der Waals surface area contributed by atoms with Gasteiger partial charge in [-0.3, -0.25) is 4.79 Å². The maximum atomic E-state index is 11.3. The third-order valence-electron chi connectivity index (χ3n) is 4.01. The van der Waals surface area contributed by atoms with Gasteiger partial charge in [0.25, 0.3) is 0 Å². The Hall–Kier alpha value is -2.24. The van der Waals surface area contributed by atoms with E-state index in [0.29, 0.717) is 25.2 Å².